The van der Waals surface area contributed by atoms with E-state index in [-0.39, 0.29) is 49.3 Å². The molecule has 2 fully saturated rings. The highest BCUT2D eigenvalue weighted by Crippen LogP contribution is 2.39. The number of esters is 2. The van der Waals surface area contributed by atoms with Gasteiger partial charge in [-0.05, 0) is 89.9 Å². The number of hydrogen-bond acceptors (Lipinski definition) is 9. The lowest BCUT2D eigenvalue weighted by Crippen LogP contribution is -2.62. The molecular formula is C36H61N5O9. The molecule has 14 heteroatoms. The van der Waals surface area contributed by atoms with E-state index in [1.807, 2.05) is 20.8 Å². The Hall–Kier alpha value is -3.71. The van der Waals surface area contributed by atoms with Crippen molar-refractivity contribution in [3.8, 4) is 0 Å². The SMILES string of the molecule is CC(C)OC(=O)[C@H](C)NC(=O)N[C@H](C(=O)N1CC[C@H](C(C)C)[C@H]1C(=O)N[C@H](C(=O)C(=O)NCCC(=O)OC(C)(C)C)[C@H](C)C1CC1)C(C)(C)C. The predicted molar refractivity (Wildman–Crippen MR) is 186 cm³/mol. The Morgan fingerprint density at radius 3 is 1.92 bits per heavy atom. The second-order valence-corrected chi connectivity index (χ2v) is 16.4. The van der Waals surface area contributed by atoms with Gasteiger partial charge >= 0.3 is 18.0 Å². The molecule has 0 aromatic carbocycles. The number of likely N-dealkylation sites (tertiary alicyclic amines) is 1. The first kappa shape index (κ1) is 42.5. The molecule has 0 aromatic rings. The largest absolute Gasteiger partial charge is 0.461 e. The molecule has 0 radical (unpaired) electrons. The van der Waals surface area contributed by atoms with Crippen LogP contribution >= 0.6 is 0 Å². The van der Waals surface area contributed by atoms with Gasteiger partial charge in [-0.1, -0.05) is 41.5 Å². The summed E-state index contributed by atoms with van der Waals surface area (Å²) in [5.41, 5.74) is -1.48. The summed E-state index contributed by atoms with van der Waals surface area (Å²) < 4.78 is 10.4. The Labute approximate surface area is 297 Å². The maximum atomic E-state index is 14.3. The number of nitrogens with zero attached hydrogens (tertiary/aromatic N) is 1. The van der Waals surface area contributed by atoms with Crippen LogP contribution < -0.4 is 21.3 Å². The summed E-state index contributed by atoms with van der Waals surface area (Å²) in [7, 11) is 0. The van der Waals surface area contributed by atoms with Crippen molar-refractivity contribution in [2.45, 2.75) is 145 Å². The highest BCUT2D eigenvalue weighted by atomic mass is 16.6. The molecule has 14 nitrogen and oxygen atoms in total. The average molecular weight is 708 g/mol. The van der Waals surface area contributed by atoms with E-state index in [0.29, 0.717) is 6.42 Å². The standard InChI is InChI=1S/C36H61N5O9/c1-19(2)24-16-18-41(32(46)29(35(7,8)9)40-34(48)38-22(6)33(47)49-20(3)4)27(24)30(44)39-26(21(5)23-13-14-23)28(43)31(45)37-17-15-25(42)50-36(10,11)12/h19-24,26-27,29H,13-18H2,1-12H3,(H,37,45)(H,39,44)(H2,38,40,48)/t21-,22+,24-,26+,27+,29-/m1/s1. The van der Waals surface area contributed by atoms with E-state index in [4.69, 9.17) is 9.47 Å². The summed E-state index contributed by atoms with van der Waals surface area (Å²) in [5, 5.41) is 10.6. The summed E-state index contributed by atoms with van der Waals surface area (Å²) in [6, 6.07) is -4.89. The van der Waals surface area contributed by atoms with Crippen molar-refractivity contribution in [3.05, 3.63) is 0 Å². The third-order valence-electron chi connectivity index (χ3n) is 9.02. The molecule has 1 heterocycles. The molecule has 284 valence electrons. The van der Waals surface area contributed by atoms with Crippen molar-refractivity contribution in [2.75, 3.05) is 13.1 Å². The zero-order valence-electron chi connectivity index (χ0n) is 32.1. The van der Waals surface area contributed by atoms with Crippen LogP contribution in [0.5, 0.6) is 0 Å². The van der Waals surface area contributed by atoms with Gasteiger partial charge in [-0.25, -0.2) is 9.59 Å². The third kappa shape index (κ3) is 12.6. The van der Waals surface area contributed by atoms with Gasteiger partial charge < -0.3 is 35.6 Å². The second kappa shape index (κ2) is 17.5. The molecule has 50 heavy (non-hydrogen) atoms. The average Bonchev–Trinajstić information content (AvgIpc) is 3.72. The zero-order chi connectivity index (χ0) is 38.3. The maximum absolute atomic E-state index is 14.3. The fourth-order valence-corrected chi connectivity index (χ4v) is 6.14. The van der Waals surface area contributed by atoms with Gasteiger partial charge in [0.15, 0.2) is 0 Å². The van der Waals surface area contributed by atoms with Crippen LogP contribution in [0.25, 0.3) is 0 Å². The van der Waals surface area contributed by atoms with Gasteiger partial charge in [0.25, 0.3) is 5.91 Å². The Bertz CT molecular complexity index is 1270. The second-order valence-electron chi connectivity index (χ2n) is 16.4. The lowest BCUT2D eigenvalue weighted by atomic mass is 9.84. The number of ether oxygens (including phenoxy) is 2. The van der Waals surface area contributed by atoms with Gasteiger partial charge in [-0.2, -0.15) is 0 Å². The number of hydrogen-bond donors (Lipinski definition) is 4. The normalized spacial score (nSPS) is 20.3. The van der Waals surface area contributed by atoms with E-state index < -0.39 is 76.7 Å². The van der Waals surface area contributed by atoms with Crippen LogP contribution in [-0.2, 0) is 38.2 Å². The summed E-state index contributed by atoms with van der Waals surface area (Å²) in [6.07, 6.45) is 1.75. The molecule has 4 N–H and O–H groups in total. The maximum Gasteiger partial charge on any atom is 0.328 e. The fourth-order valence-electron chi connectivity index (χ4n) is 6.14. The number of rotatable bonds is 15. The molecule has 1 aliphatic heterocycles. The molecule has 0 spiro atoms. The molecule has 1 aliphatic carbocycles. The zero-order valence-corrected chi connectivity index (χ0v) is 32.1. The summed E-state index contributed by atoms with van der Waals surface area (Å²) in [5.74, 6) is -4.37. The van der Waals surface area contributed by atoms with Crippen molar-refractivity contribution < 1.29 is 43.0 Å². The van der Waals surface area contributed by atoms with E-state index in [1.54, 1.807) is 55.4 Å². The van der Waals surface area contributed by atoms with Crippen LogP contribution in [0.4, 0.5) is 4.79 Å². The van der Waals surface area contributed by atoms with E-state index in [1.165, 1.54) is 11.8 Å². The van der Waals surface area contributed by atoms with Gasteiger partial charge in [0.2, 0.25) is 17.6 Å². The molecule has 0 unspecified atom stereocenters. The third-order valence-corrected chi connectivity index (χ3v) is 9.02. The Morgan fingerprint density at radius 1 is 0.820 bits per heavy atom. The number of amides is 5. The number of ketones is 1. The minimum absolute atomic E-state index is 0.00752. The van der Waals surface area contributed by atoms with E-state index in [9.17, 15) is 33.6 Å². The fraction of sp³-hybridized carbons (Fsp3) is 0.806. The Morgan fingerprint density at radius 2 is 1.42 bits per heavy atom. The van der Waals surface area contributed by atoms with Crippen molar-refractivity contribution in [1.29, 1.82) is 0 Å². The monoisotopic (exact) mass is 707 g/mol. The smallest absolute Gasteiger partial charge is 0.328 e. The van der Waals surface area contributed by atoms with Crippen LogP contribution in [0.3, 0.4) is 0 Å². The topological polar surface area (TPSA) is 189 Å². The first-order chi connectivity index (χ1) is 22.9. The highest BCUT2D eigenvalue weighted by Gasteiger charge is 2.49. The van der Waals surface area contributed by atoms with Gasteiger partial charge in [-0.3, -0.25) is 24.0 Å². The molecule has 6 atom stereocenters. The van der Waals surface area contributed by atoms with Crippen molar-refractivity contribution in [2.24, 2.45) is 29.1 Å². The number of carbonyl (C=O) groups is 7. The highest BCUT2D eigenvalue weighted by molar-refractivity contribution is 6.38. The van der Waals surface area contributed by atoms with Crippen molar-refractivity contribution >= 4 is 41.5 Å². The Kier molecular flexibility index (Phi) is 14.8. The van der Waals surface area contributed by atoms with Gasteiger partial charge in [0, 0.05) is 13.1 Å². The van der Waals surface area contributed by atoms with Crippen LogP contribution in [0.1, 0.15) is 109 Å². The molecule has 2 aliphatic rings. The van der Waals surface area contributed by atoms with E-state index >= 15 is 0 Å². The molecular weight excluding hydrogens is 646 g/mol. The minimum Gasteiger partial charge on any atom is -0.461 e. The molecule has 5 amide bonds. The molecule has 0 bridgehead atoms. The van der Waals surface area contributed by atoms with E-state index in [0.717, 1.165) is 12.8 Å². The first-order valence-corrected chi connectivity index (χ1v) is 17.9. The van der Waals surface area contributed by atoms with Crippen LogP contribution in [-0.4, -0.2) is 95.3 Å². The predicted octanol–water partition coefficient (Wildman–Crippen LogP) is 2.86. The first-order valence-electron chi connectivity index (χ1n) is 17.9. The summed E-state index contributed by atoms with van der Waals surface area (Å²) in [6.45, 7) is 21.3. The number of urea groups is 1. The van der Waals surface area contributed by atoms with Crippen LogP contribution in [0.2, 0.25) is 0 Å². The van der Waals surface area contributed by atoms with Crippen molar-refractivity contribution in [1.82, 2.24) is 26.2 Å². The van der Waals surface area contributed by atoms with Crippen LogP contribution in [0.15, 0.2) is 0 Å². The molecule has 1 saturated carbocycles. The number of nitrogens with one attached hydrogen (secondary N) is 4. The molecule has 1 saturated heterocycles. The van der Waals surface area contributed by atoms with Gasteiger partial charge in [-0.15, -0.1) is 0 Å². The quantitative estimate of drug-likeness (QED) is 0.147. The molecule has 0 aromatic heterocycles. The lowest BCUT2D eigenvalue weighted by Gasteiger charge is -2.37. The van der Waals surface area contributed by atoms with Crippen molar-refractivity contribution in [3.63, 3.8) is 0 Å². The van der Waals surface area contributed by atoms with Gasteiger partial charge in [0.1, 0.15) is 29.8 Å². The van der Waals surface area contributed by atoms with Gasteiger partial charge in [0.05, 0.1) is 12.5 Å². The number of carbonyl (C=O) groups excluding carboxylic acids is 7. The summed E-state index contributed by atoms with van der Waals surface area (Å²) in [4.78, 5) is 93.9. The minimum atomic E-state index is -1.14. The molecule has 2 rings (SSSR count). The lowest BCUT2D eigenvalue weighted by molar-refractivity contribution is -0.155. The Balaban J connectivity index is 2.27. The van der Waals surface area contributed by atoms with E-state index in [2.05, 4.69) is 21.3 Å². The summed E-state index contributed by atoms with van der Waals surface area (Å²) >= 11 is 0. The van der Waals surface area contributed by atoms with Crippen LogP contribution in [0, 0.1) is 29.1 Å². The number of Topliss-reactive ketones (excluding diaryl/α,β-unsaturated/α-hetero) is 1.